The second kappa shape index (κ2) is 7.86. The molecule has 0 aromatic carbocycles. The topological polar surface area (TPSA) is 52.5 Å². The Morgan fingerprint density at radius 1 is 1.08 bits per heavy atom. The third-order valence-electron chi connectivity index (χ3n) is 5.22. The maximum Gasteiger partial charge on any atom is 0.433 e. The molecular formula is C17H25F3N4O. The highest BCUT2D eigenvalue weighted by Gasteiger charge is 2.37. The first-order valence-electron chi connectivity index (χ1n) is 8.96. The van der Waals surface area contributed by atoms with Gasteiger partial charge in [0.1, 0.15) is 5.69 Å². The van der Waals surface area contributed by atoms with E-state index in [4.69, 9.17) is 0 Å². The summed E-state index contributed by atoms with van der Waals surface area (Å²) >= 11 is 0. The summed E-state index contributed by atoms with van der Waals surface area (Å²) in [4.78, 5) is 11.9. The molecule has 1 N–H and O–H groups in total. The van der Waals surface area contributed by atoms with Crippen molar-refractivity contribution in [2.75, 3.05) is 44.2 Å². The van der Waals surface area contributed by atoms with E-state index >= 15 is 0 Å². The minimum atomic E-state index is -4.47. The highest BCUT2D eigenvalue weighted by atomic mass is 19.4. The lowest BCUT2D eigenvalue weighted by molar-refractivity contribution is -0.141. The number of anilines is 1. The van der Waals surface area contributed by atoms with Crippen LogP contribution in [0.3, 0.4) is 0 Å². The van der Waals surface area contributed by atoms with Crippen LogP contribution < -0.4 is 4.90 Å². The van der Waals surface area contributed by atoms with Crippen LogP contribution in [0.1, 0.15) is 31.4 Å². The summed E-state index contributed by atoms with van der Waals surface area (Å²) in [6, 6.07) is 0.887. The van der Waals surface area contributed by atoms with Gasteiger partial charge in [-0.15, -0.1) is 0 Å². The predicted molar refractivity (Wildman–Crippen MR) is 88.2 cm³/mol. The van der Waals surface area contributed by atoms with Crippen molar-refractivity contribution in [2.45, 2.75) is 31.9 Å². The number of alkyl halides is 3. The molecular weight excluding hydrogens is 333 g/mol. The van der Waals surface area contributed by atoms with Crippen LogP contribution in [0.15, 0.2) is 12.3 Å². The average Bonchev–Trinajstić information content (AvgIpc) is 2.81. The van der Waals surface area contributed by atoms with Gasteiger partial charge in [-0.1, -0.05) is 12.8 Å². The molecule has 2 aliphatic heterocycles. The summed E-state index contributed by atoms with van der Waals surface area (Å²) in [5.41, 5.74) is -0.922. The number of hydrogen-bond acceptors (Lipinski definition) is 5. The van der Waals surface area contributed by atoms with Crippen LogP contribution in [-0.2, 0) is 6.18 Å². The second-order valence-electron chi connectivity index (χ2n) is 7.06. The van der Waals surface area contributed by atoms with E-state index in [9.17, 15) is 18.3 Å². The summed E-state index contributed by atoms with van der Waals surface area (Å²) < 4.78 is 38.6. The molecule has 1 aromatic heterocycles. The van der Waals surface area contributed by atoms with E-state index in [1.165, 1.54) is 25.7 Å². The summed E-state index contributed by atoms with van der Waals surface area (Å²) in [6.07, 6.45) is 1.58. The Bertz CT molecular complexity index is 561. The number of likely N-dealkylation sites (tertiary alicyclic amines) is 1. The minimum Gasteiger partial charge on any atom is -0.396 e. The molecule has 2 aliphatic rings. The zero-order valence-corrected chi connectivity index (χ0v) is 14.3. The molecule has 0 unspecified atom stereocenters. The van der Waals surface area contributed by atoms with Crippen molar-refractivity contribution in [3.63, 3.8) is 0 Å². The van der Waals surface area contributed by atoms with Crippen LogP contribution in [0.2, 0.25) is 0 Å². The molecule has 140 valence electrons. The first kappa shape index (κ1) is 18.4. The fraction of sp³-hybridized carbons (Fsp3) is 0.765. The quantitative estimate of drug-likeness (QED) is 0.896. The van der Waals surface area contributed by atoms with Crippen LogP contribution in [-0.4, -0.2) is 59.3 Å². The third-order valence-corrected chi connectivity index (χ3v) is 5.22. The Hall–Kier alpha value is -1.41. The molecule has 2 fully saturated rings. The van der Waals surface area contributed by atoms with E-state index in [2.05, 4.69) is 14.9 Å². The first-order valence-corrected chi connectivity index (χ1v) is 8.96. The molecule has 2 atom stereocenters. The summed E-state index contributed by atoms with van der Waals surface area (Å²) in [5, 5.41) is 9.70. The maximum atomic E-state index is 12.9. The lowest BCUT2D eigenvalue weighted by Crippen LogP contribution is -2.34. The molecule has 8 heteroatoms. The highest BCUT2D eigenvalue weighted by molar-refractivity contribution is 5.33. The fourth-order valence-electron chi connectivity index (χ4n) is 3.82. The van der Waals surface area contributed by atoms with Gasteiger partial charge in [0.2, 0.25) is 5.95 Å². The van der Waals surface area contributed by atoms with Gasteiger partial charge in [0.05, 0.1) is 0 Å². The lowest BCUT2D eigenvalue weighted by Gasteiger charge is -2.26. The van der Waals surface area contributed by atoms with Crippen LogP contribution in [0.4, 0.5) is 19.1 Å². The van der Waals surface area contributed by atoms with E-state index in [1.54, 1.807) is 4.90 Å². The smallest absolute Gasteiger partial charge is 0.396 e. The largest absolute Gasteiger partial charge is 0.433 e. The standard InChI is InChI=1S/C17H25F3N4O/c18-17(19,20)15-5-6-21-16(22-15)24-10-13(14(11-24)12-25)9-23-7-3-1-2-4-8-23/h5-6,13-14,25H,1-4,7-12H2/t13-,14-/m0/s1. The molecule has 5 nitrogen and oxygen atoms in total. The van der Waals surface area contributed by atoms with E-state index in [0.29, 0.717) is 13.1 Å². The molecule has 3 heterocycles. The normalized spacial score (nSPS) is 26.0. The zero-order valence-electron chi connectivity index (χ0n) is 14.3. The Balaban J connectivity index is 1.68. The predicted octanol–water partition coefficient (Wildman–Crippen LogP) is 2.42. The van der Waals surface area contributed by atoms with Gasteiger partial charge >= 0.3 is 6.18 Å². The van der Waals surface area contributed by atoms with Gasteiger partial charge in [-0.05, 0) is 37.9 Å². The molecule has 0 spiro atoms. The van der Waals surface area contributed by atoms with Gasteiger partial charge in [-0.25, -0.2) is 9.97 Å². The number of aromatic nitrogens is 2. The van der Waals surface area contributed by atoms with Gasteiger partial charge in [0, 0.05) is 38.4 Å². The number of rotatable bonds is 4. The minimum absolute atomic E-state index is 0.0357. The molecule has 2 saturated heterocycles. The van der Waals surface area contributed by atoms with E-state index in [1.807, 2.05) is 0 Å². The van der Waals surface area contributed by atoms with Gasteiger partial charge in [0.15, 0.2) is 0 Å². The summed E-state index contributed by atoms with van der Waals surface area (Å²) in [5.74, 6) is 0.370. The van der Waals surface area contributed by atoms with Crippen LogP contribution >= 0.6 is 0 Å². The van der Waals surface area contributed by atoms with Gasteiger partial charge < -0.3 is 14.9 Å². The molecule has 0 saturated carbocycles. The molecule has 3 rings (SSSR count). The van der Waals surface area contributed by atoms with Crippen molar-refractivity contribution >= 4 is 5.95 Å². The summed E-state index contributed by atoms with van der Waals surface area (Å²) in [6.45, 7) is 4.12. The van der Waals surface area contributed by atoms with E-state index in [0.717, 1.165) is 31.9 Å². The monoisotopic (exact) mass is 358 g/mol. The van der Waals surface area contributed by atoms with Crippen molar-refractivity contribution in [3.05, 3.63) is 18.0 Å². The van der Waals surface area contributed by atoms with E-state index < -0.39 is 11.9 Å². The van der Waals surface area contributed by atoms with Crippen molar-refractivity contribution in [1.29, 1.82) is 0 Å². The van der Waals surface area contributed by atoms with Gasteiger partial charge in [-0.2, -0.15) is 13.2 Å². The Kier molecular flexibility index (Phi) is 5.78. The number of aliphatic hydroxyl groups is 1. The van der Waals surface area contributed by atoms with Gasteiger partial charge in [-0.3, -0.25) is 0 Å². The second-order valence-corrected chi connectivity index (χ2v) is 7.06. The van der Waals surface area contributed by atoms with Crippen molar-refractivity contribution in [2.24, 2.45) is 11.8 Å². The van der Waals surface area contributed by atoms with Crippen LogP contribution in [0, 0.1) is 11.8 Å². The maximum absolute atomic E-state index is 12.9. The number of nitrogens with zero attached hydrogens (tertiary/aromatic N) is 4. The third kappa shape index (κ3) is 4.61. The van der Waals surface area contributed by atoms with Crippen molar-refractivity contribution in [3.8, 4) is 0 Å². The zero-order chi connectivity index (χ0) is 17.9. The number of halogens is 3. The number of aliphatic hydroxyl groups excluding tert-OH is 1. The fourth-order valence-corrected chi connectivity index (χ4v) is 3.82. The summed E-state index contributed by atoms with van der Waals surface area (Å²) in [7, 11) is 0. The van der Waals surface area contributed by atoms with Crippen LogP contribution in [0.5, 0.6) is 0 Å². The van der Waals surface area contributed by atoms with Crippen molar-refractivity contribution < 1.29 is 18.3 Å². The van der Waals surface area contributed by atoms with Crippen molar-refractivity contribution in [1.82, 2.24) is 14.9 Å². The molecule has 1 aromatic rings. The Morgan fingerprint density at radius 3 is 2.40 bits per heavy atom. The average molecular weight is 358 g/mol. The Labute approximate surface area is 145 Å². The van der Waals surface area contributed by atoms with Gasteiger partial charge in [0.25, 0.3) is 0 Å². The first-order chi connectivity index (χ1) is 12.0. The molecule has 0 aliphatic carbocycles. The Morgan fingerprint density at radius 2 is 1.76 bits per heavy atom. The SMILES string of the molecule is OC[C@@H]1CN(c2nccc(C(F)(F)F)n2)C[C@@H]1CN1CCCCCC1. The number of hydrogen-bond donors (Lipinski definition) is 1. The highest BCUT2D eigenvalue weighted by Crippen LogP contribution is 2.31. The molecule has 25 heavy (non-hydrogen) atoms. The molecule has 0 bridgehead atoms. The molecule has 0 radical (unpaired) electrons. The van der Waals surface area contributed by atoms with Crippen LogP contribution in [0.25, 0.3) is 0 Å². The van der Waals surface area contributed by atoms with E-state index in [-0.39, 0.29) is 24.4 Å². The lowest BCUT2D eigenvalue weighted by atomic mass is 9.96. The molecule has 0 amide bonds.